The number of benzene rings is 2. The van der Waals surface area contributed by atoms with Crippen LogP contribution in [0.15, 0.2) is 54.6 Å². The molecule has 0 aromatic heterocycles. The van der Waals surface area contributed by atoms with Crippen molar-refractivity contribution in [3.05, 3.63) is 65.7 Å². The molecule has 0 radical (unpaired) electrons. The van der Waals surface area contributed by atoms with Crippen LogP contribution in [0.25, 0.3) is 0 Å². The second kappa shape index (κ2) is 6.43. The molecule has 0 amide bonds. The molecular formula is C14H13FO2. The van der Waals surface area contributed by atoms with Crippen molar-refractivity contribution >= 4 is 6.29 Å². The molecule has 17 heavy (non-hydrogen) atoms. The molecule has 88 valence electrons. The van der Waals surface area contributed by atoms with Crippen LogP contribution in [0.4, 0.5) is 4.70 Å². The molecule has 0 saturated carbocycles. The first-order valence-electron chi connectivity index (χ1n) is 5.11. The molecule has 0 saturated heterocycles. The van der Waals surface area contributed by atoms with Gasteiger partial charge in [0.05, 0.1) is 5.56 Å². The van der Waals surface area contributed by atoms with Gasteiger partial charge in [-0.1, -0.05) is 42.5 Å². The molecule has 0 aliphatic carbocycles. The van der Waals surface area contributed by atoms with E-state index in [-0.39, 0.29) is 4.70 Å². The van der Waals surface area contributed by atoms with Gasteiger partial charge < -0.3 is 4.74 Å². The zero-order valence-electron chi connectivity index (χ0n) is 9.21. The van der Waals surface area contributed by atoms with E-state index in [0.717, 1.165) is 11.8 Å². The highest BCUT2D eigenvalue weighted by molar-refractivity contribution is 5.79. The van der Waals surface area contributed by atoms with Crippen molar-refractivity contribution in [1.29, 1.82) is 0 Å². The Labute approximate surface area is 99.2 Å². The van der Waals surface area contributed by atoms with Crippen LogP contribution in [-0.2, 0) is 6.61 Å². The van der Waals surface area contributed by atoms with Crippen molar-refractivity contribution in [2.45, 2.75) is 6.61 Å². The van der Waals surface area contributed by atoms with Gasteiger partial charge in [-0.25, -0.2) is 0 Å². The minimum Gasteiger partial charge on any atom is -0.488 e. The smallest absolute Gasteiger partial charge is 0.153 e. The molecule has 2 aromatic rings. The number of ether oxygens (including phenoxy) is 1. The minimum atomic E-state index is 0. The number of hydrogen-bond acceptors (Lipinski definition) is 2. The maximum atomic E-state index is 10.8. The first kappa shape index (κ1) is 12.9. The molecule has 0 N–H and O–H groups in total. The molecule has 0 aliphatic heterocycles. The van der Waals surface area contributed by atoms with Crippen LogP contribution in [0, 0.1) is 0 Å². The normalized spacial score (nSPS) is 9.18. The summed E-state index contributed by atoms with van der Waals surface area (Å²) in [5.41, 5.74) is 1.67. The van der Waals surface area contributed by atoms with Gasteiger partial charge in [-0.15, -0.1) is 0 Å². The predicted octanol–water partition coefficient (Wildman–Crippen LogP) is 3.23. The summed E-state index contributed by atoms with van der Waals surface area (Å²) in [5.74, 6) is 0.626. The fourth-order valence-corrected chi connectivity index (χ4v) is 1.44. The molecule has 0 bridgehead atoms. The van der Waals surface area contributed by atoms with Crippen molar-refractivity contribution in [2.24, 2.45) is 0 Å². The summed E-state index contributed by atoms with van der Waals surface area (Å²) in [5, 5.41) is 0. The Morgan fingerprint density at radius 1 is 0.941 bits per heavy atom. The van der Waals surface area contributed by atoms with E-state index in [9.17, 15) is 4.79 Å². The number of halogens is 1. The van der Waals surface area contributed by atoms with Crippen LogP contribution in [0.5, 0.6) is 5.75 Å². The monoisotopic (exact) mass is 232 g/mol. The second-order valence-corrected chi connectivity index (χ2v) is 3.43. The highest BCUT2D eigenvalue weighted by Gasteiger charge is 2.01. The first-order chi connectivity index (χ1) is 7.90. The van der Waals surface area contributed by atoms with Crippen LogP contribution in [0.1, 0.15) is 15.9 Å². The fraction of sp³-hybridized carbons (Fsp3) is 0.0714. The molecule has 2 rings (SSSR count). The van der Waals surface area contributed by atoms with E-state index in [0.29, 0.717) is 17.9 Å². The third-order valence-corrected chi connectivity index (χ3v) is 2.28. The lowest BCUT2D eigenvalue weighted by atomic mass is 10.2. The largest absolute Gasteiger partial charge is 0.488 e. The van der Waals surface area contributed by atoms with Gasteiger partial charge in [0.2, 0.25) is 0 Å². The number of carbonyl (C=O) groups is 1. The number of aldehydes is 1. The third kappa shape index (κ3) is 3.41. The van der Waals surface area contributed by atoms with Gasteiger partial charge in [0.25, 0.3) is 0 Å². The van der Waals surface area contributed by atoms with Crippen molar-refractivity contribution in [3.8, 4) is 5.75 Å². The fourth-order valence-electron chi connectivity index (χ4n) is 1.44. The molecular weight excluding hydrogens is 219 g/mol. The van der Waals surface area contributed by atoms with E-state index in [1.54, 1.807) is 12.1 Å². The van der Waals surface area contributed by atoms with E-state index >= 15 is 0 Å². The molecule has 3 heteroatoms. The van der Waals surface area contributed by atoms with Crippen molar-refractivity contribution in [1.82, 2.24) is 0 Å². The summed E-state index contributed by atoms with van der Waals surface area (Å²) in [6.45, 7) is 0.478. The molecule has 0 unspecified atom stereocenters. The van der Waals surface area contributed by atoms with Gasteiger partial charge in [-0.2, -0.15) is 0 Å². The zero-order chi connectivity index (χ0) is 11.2. The lowest BCUT2D eigenvalue weighted by molar-refractivity contribution is 0.111. The molecule has 0 heterocycles. The summed E-state index contributed by atoms with van der Waals surface area (Å²) < 4.78 is 5.58. The quantitative estimate of drug-likeness (QED) is 0.756. The highest BCUT2D eigenvalue weighted by atomic mass is 19.0. The lowest BCUT2D eigenvalue weighted by Crippen LogP contribution is -1.97. The van der Waals surface area contributed by atoms with Crippen molar-refractivity contribution < 1.29 is 14.2 Å². The van der Waals surface area contributed by atoms with E-state index in [1.807, 2.05) is 42.5 Å². The van der Waals surface area contributed by atoms with Crippen LogP contribution < -0.4 is 4.74 Å². The van der Waals surface area contributed by atoms with Crippen LogP contribution in [0.2, 0.25) is 0 Å². The Balaban J connectivity index is 0.00000144. The summed E-state index contributed by atoms with van der Waals surface area (Å²) in [6.07, 6.45) is 0.806. The molecule has 0 aliphatic rings. The number of hydrogen-bond donors (Lipinski definition) is 0. The minimum absolute atomic E-state index is 0. The Hall–Kier alpha value is -2.16. The first-order valence-corrected chi connectivity index (χ1v) is 5.11. The molecule has 2 aromatic carbocycles. The Morgan fingerprint density at radius 2 is 1.59 bits per heavy atom. The maximum Gasteiger partial charge on any atom is 0.153 e. The average molecular weight is 232 g/mol. The standard InChI is InChI=1S/C14H12O2.FH/c15-10-13-8-4-5-9-14(13)16-11-12-6-2-1-3-7-12;/h1-10H,11H2;1H. The number of para-hydroxylation sites is 1. The SMILES string of the molecule is F.O=Cc1ccccc1OCc1ccccc1. The number of rotatable bonds is 4. The van der Waals surface area contributed by atoms with E-state index in [4.69, 9.17) is 4.74 Å². The zero-order valence-corrected chi connectivity index (χ0v) is 9.21. The maximum absolute atomic E-state index is 10.8. The van der Waals surface area contributed by atoms with E-state index in [1.165, 1.54) is 0 Å². The van der Waals surface area contributed by atoms with E-state index in [2.05, 4.69) is 0 Å². The summed E-state index contributed by atoms with van der Waals surface area (Å²) in [7, 11) is 0. The Kier molecular flexibility index (Phi) is 4.88. The van der Waals surface area contributed by atoms with Gasteiger partial charge in [0, 0.05) is 0 Å². The Bertz CT molecular complexity index is 469. The molecule has 2 nitrogen and oxygen atoms in total. The molecule has 0 fully saturated rings. The molecule has 0 atom stereocenters. The van der Waals surface area contributed by atoms with Crippen molar-refractivity contribution in [2.75, 3.05) is 0 Å². The van der Waals surface area contributed by atoms with Gasteiger partial charge in [-0.05, 0) is 17.7 Å². The lowest BCUT2D eigenvalue weighted by Gasteiger charge is -2.07. The average Bonchev–Trinajstić information content (AvgIpc) is 2.38. The predicted molar refractivity (Wildman–Crippen MR) is 65.1 cm³/mol. The molecule has 0 spiro atoms. The second-order valence-electron chi connectivity index (χ2n) is 3.43. The topological polar surface area (TPSA) is 26.3 Å². The third-order valence-electron chi connectivity index (χ3n) is 2.28. The van der Waals surface area contributed by atoms with Gasteiger partial charge in [0.15, 0.2) is 6.29 Å². The summed E-state index contributed by atoms with van der Waals surface area (Å²) in [4.78, 5) is 10.8. The van der Waals surface area contributed by atoms with E-state index < -0.39 is 0 Å². The van der Waals surface area contributed by atoms with Crippen molar-refractivity contribution in [3.63, 3.8) is 0 Å². The van der Waals surface area contributed by atoms with Crippen LogP contribution in [0.3, 0.4) is 0 Å². The van der Waals surface area contributed by atoms with Gasteiger partial charge >= 0.3 is 0 Å². The Morgan fingerprint density at radius 3 is 2.29 bits per heavy atom. The van der Waals surface area contributed by atoms with Gasteiger partial charge in [0.1, 0.15) is 12.4 Å². The summed E-state index contributed by atoms with van der Waals surface area (Å²) >= 11 is 0. The van der Waals surface area contributed by atoms with Crippen LogP contribution in [-0.4, -0.2) is 6.29 Å². The highest BCUT2D eigenvalue weighted by Crippen LogP contribution is 2.17. The summed E-state index contributed by atoms with van der Waals surface area (Å²) in [6, 6.07) is 17.1. The number of carbonyl (C=O) groups excluding carboxylic acids is 1. The van der Waals surface area contributed by atoms with Crippen LogP contribution >= 0.6 is 0 Å². The van der Waals surface area contributed by atoms with Gasteiger partial charge in [-0.3, -0.25) is 9.50 Å².